The van der Waals surface area contributed by atoms with Crippen LogP contribution in [0.5, 0.6) is 5.75 Å². The topological polar surface area (TPSA) is 34.1 Å². The minimum atomic E-state index is -0.486. The van der Waals surface area contributed by atoms with Crippen molar-refractivity contribution in [1.82, 2.24) is 4.98 Å². The molecule has 0 fully saturated rings. The number of anilines is 1. The van der Waals surface area contributed by atoms with Crippen LogP contribution in [0.4, 0.5) is 10.2 Å². The Hall–Kier alpha value is -2.10. The summed E-state index contributed by atoms with van der Waals surface area (Å²) >= 11 is 0. The molecule has 88 valence electrons. The van der Waals surface area contributed by atoms with Crippen LogP contribution in [0.15, 0.2) is 42.5 Å². The summed E-state index contributed by atoms with van der Waals surface area (Å²) in [4.78, 5) is 3.72. The number of pyridine rings is 1. The molecule has 0 aliphatic carbocycles. The lowest BCUT2D eigenvalue weighted by Gasteiger charge is -2.07. The molecule has 0 saturated carbocycles. The van der Waals surface area contributed by atoms with E-state index in [4.69, 9.17) is 4.74 Å². The summed E-state index contributed by atoms with van der Waals surface area (Å²) in [6, 6.07) is 12.3. The Labute approximate surface area is 99.3 Å². The van der Waals surface area contributed by atoms with Crippen LogP contribution in [-0.2, 0) is 6.54 Å². The summed E-state index contributed by atoms with van der Waals surface area (Å²) in [6.45, 7) is 0.577. The van der Waals surface area contributed by atoms with Crippen LogP contribution in [0, 0.1) is 5.95 Å². The quantitative estimate of drug-likeness (QED) is 0.823. The highest BCUT2D eigenvalue weighted by Crippen LogP contribution is 2.13. The molecule has 17 heavy (non-hydrogen) atoms. The molecule has 2 rings (SSSR count). The molecule has 2 aromatic rings. The van der Waals surface area contributed by atoms with Gasteiger partial charge in [0.1, 0.15) is 11.6 Å². The Kier molecular flexibility index (Phi) is 3.55. The lowest BCUT2D eigenvalue weighted by atomic mass is 10.2. The SMILES string of the molecule is COc1cccc(CNc2cccc(F)n2)c1. The summed E-state index contributed by atoms with van der Waals surface area (Å²) in [5.74, 6) is 0.838. The Bertz CT molecular complexity index is 502. The van der Waals surface area contributed by atoms with Gasteiger partial charge in [0.05, 0.1) is 7.11 Å². The molecule has 0 aliphatic rings. The van der Waals surface area contributed by atoms with Crippen LogP contribution in [0.1, 0.15) is 5.56 Å². The molecule has 0 atom stereocenters. The number of methoxy groups -OCH3 is 1. The zero-order valence-corrected chi connectivity index (χ0v) is 9.48. The van der Waals surface area contributed by atoms with Gasteiger partial charge >= 0.3 is 0 Å². The zero-order chi connectivity index (χ0) is 12.1. The molecule has 3 nitrogen and oxygen atoms in total. The number of rotatable bonds is 4. The number of aromatic nitrogens is 1. The fourth-order valence-electron chi connectivity index (χ4n) is 1.48. The van der Waals surface area contributed by atoms with Gasteiger partial charge in [-0.25, -0.2) is 4.98 Å². The van der Waals surface area contributed by atoms with E-state index in [0.29, 0.717) is 12.4 Å². The molecule has 1 aromatic carbocycles. The van der Waals surface area contributed by atoms with Gasteiger partial charge in [-0.15, -0.1) is 0 Å². The Morgan fingerprint density at radius 3 is 2.82 bits per heavy atom. The fraction of sp³-hybridized carbons (Fsp3) is 0.154. The van der Waals surface area contributed by atoms with Gasteiger partial charge in [-0.3, -0.25) is 0 Å². The highest BCUT2D eigenvalue weighted by atomic mass is 19.1. The predicted molar refractivity (Wildman–Crippen MR) is 64.5 cm³/mol. The van der Waals surface area contributed by atoms with Crippen molar-refractivity contribution in [2.75, 3.05) is 12.4 Å². The third kappa shape index (κ3) is 3.17. The number of hydrogen-bond donors (Lipinski definition) is 1. The first kappa shape index (κ1) is 11.4. The second-order valence-corrected chi connectivity index (χ2v) is 3.55. The first-order valence-electron chi connectivity index (χ1n) is 5.27. The molecule has 0 saturated heterocycles. The number of halogens is 1. The molecule has 0 unspecified atom stereocenters. The fourth-order valence-corrected chi connectivity index (χ4v) is 1.48. The average Bonchev–Trinajstić information content (AvgIpc) is 2.37. The molecule has 1 heterocycles. The Morgan fingerprint density at radius 2 is 2.06 bits per heavy atom. The molecule has 4 heteroatoms. The number of hydrogen-bond acceptors (Lipinski definition) is 3. The second kappa shape index (κ2) is 5.30. The van der Waals surface area contributed by atoms with Crippen LogP contribution in [0.3, 0.4) is 0 Å². The van der Waals surface area contributed by atoms with Gasteiger partial charge in [0.15, 0.2) is 0 Å². The van der Waals surface area contributed by atoms with Gasteiger partial charge in [-0.05, 0) is 29.8 Å². The summed E-state index contributed by atoms with van der Waals surface area (Å²) in [7, 11) is 1.63. The Morgan fingerprint density at radius 1 is 1.24 bits per heavy atom. The van der Waals surface area contributed by atoms with Gasteiger partial charge in [0.25, 0.3) is 0 Å². The van der Waals surface area contributed by atoms with Crippen molar-refractivity contribution in [2.45, 2.75) is 6.54 Å². The molecule has 0 radical (unpaired) electrons. The van der Waals surface area contributed by atoms with Crippen molar-refractivity contribution in [3.05, 3.63) is 54.0 Å². The van der Waals surface area contributed by atoms with Crippen LogP contribution in [0.2, 0.25) is 0 Å². The maximum atomic E-state index is 12.8. The molecule has 0 aliphatic heterocycles. The third-order valence-electron chi connectivity index (χ3n) is 2.32. The maximum absolute atomic E-state index is 12.8. The van der Waals surface area contributed by atoms with Crippen LogP contribution >= 0.6 is 0 Å². The molecular weight excluding hydrogens is 219 g/mol. The standard InChI is InChI=1S/C13H13FN2O/c1-17-11-5-2-4-10(8-11)9-15-13-7-3-6-12(14)16-13/h2-8H,9H2,1H3,(H,15,16). The van der Waals surface area contributed by atoms with E-state index in [2.05, 4.69) is 10.3 Å². The number of ether oxygens (including phenoxy) is 1. The number of nitrogens with one attached hydrogen (secondary N) is 1. The molecule has 1 aromatic heterocycles. The lowest BCUT2D eigenvalue weighted by Crippen LogP contribution is -2.02. The summed E-state index contributed by atoms with van der Waals surface area (Å²) in [6.07, 6.45) is 0. The van der Waals surface area contributed by atoms with E-state index in [1.54, 1.807) is 19.2 Å². The highest BCUT2D eigenvalue weighted by molar-refractivity contribution is 5.36. The molecule has 1 N–H and O–H groups in total. The van der Waals surface area contributed by atoms with E-state index in [-0.39, 0.29) is 0 Å². The third-order valence-corrected chi connectivity index (χ3v) is 2.32. The summed E-state index contributed by atoms with van der Waals surface area (Å²) in [5, 5.41) is 3.05. The van der Waals surface area contributed by atoms with E-state index in [1.165, 1.54) is 6.07 Å². The van der Waals surface area contributed by atoms with Gasteiger partial charge in [-0.2, -0.15) is 4.39 Å². The predicted octanol–water partition coefficient (Wildman–Crippen LogP) is 2.84. The largest absolute Gasteiger partial charge is 0.497 e. The summed E-state index contributed by atoms with van der Waals surface area (Å²) < 4.78 is 18.0. The normalized spacial score (nSPS) is 10.0. The smallest absolute Gasteiger partial charge is 0.214 e. The van der Waals surface area contributed by atoms with Gasteiger partial charge < -0.3 is 10.1 Å². The van der Waals surface area contributed by atoms with Crippen molar-refractivity contribution in [2.24, 2.45) is 0 Å². The van der Waals surface area contributed by atoms with E-state index in [1.807, 2.05) is 24.3 Å². The van der Waals surface area contributed by atoms with Crippen LogP contribution < -0.4 is 10.1 Å². The van der Waals surface area contributed by atoms with Crippen LogP contribution in [0.25, 0.3) is 0 Å². The van der Waals surface area contributed by atoms with Gasteiger partial charge in [-0.1, -0.05) is 18.2 Å². The van der Waals surface area contributed by atoms with E-state index in [0.717, 1.165) is 11.3 Å². The Balaban J connectivity index is 2.02. The average molecular weight is 232 g/mol. The minimum absolute atomic E-state index is 0.486. The molecule has 0 amide bonds. The minimum Gasteiger partial charge on any atom is -0.497 e. The van der Waals surface area contributed by atoms with Crippen molar-refractivity contribution in [1.29, 1.82) is 0 Å². The summed E-state index contributed by atoms with van der Waals surface area (Å²) in [5.41, 5.74) is 1.05. The first-order valence-corrected chi connectivity index (χ1v) is 5.27. The van der Waals surface area contributed by atoms with Crippen molar-refractivity contribution >= 4 is 5.82 Å². The van der Waals surface area contributed by atoms with Crippen molar-refractivity contribution in [3.8, 4) is 5.75 Å². The number of nitrogens with zero attached hydrogens (tertiary/aromatic N) is 1. The first-order chi connectivity index (χ1) is 8.28. The molecular formula is C13H13FN2O. The van der Waals surface area contributed by atoms with E-state index in [9.17, 15) is 4.39 Å². The van der Waals surface area contributed by atoms with E-state index >= 15 is 0 Å². The highest BCUT2D eigenvalue weighted by Gasteiger charge is 1.98. The number of benzene rings is 1. The molecule has 0 spiro atoms. The second-order valence-electron chi connectivity index (χ2n) is 3.55. The van der Waals surface area contributed by atoms with Crippen molar-refractivity contribution < 1.29 is 9.13 Å². The van der Waals surface area contributed by atoms with Gasteiger partial charge in [0, 0.05) is 6.54 Å². The lowest BCUT2D eigenvalue weighted by molar-refractivity contribution is 0.414. The molecule has 0 bridgehead atoms. The maximum Gasteiger partial charge on any atom is 0.214 e. The van der Waals surface area contributed by atoms with Gasteiger partial charge in [0.2, 0.25) is 5.95 Å². The monoisotopic (exact) mass is 232 g/mol. The van der Waals surface area contributed by atoms with Crippen LogP contribution in [-0.4, -0.2) is 12.1 Å². The zero-order valence-electron chi connectivity index (χ0n) is 9.48. The van der Waals surface area contributed by atoms with E-state index < -0.39 is 5.95 Å². The van der Waals surface area contributed by atoms with Crippen molar-refractivity contribution in [3.63, 3.8) is 0 Å².